The van der Waals surface area contributed by atoms with E-state index >= 15 is 0 Å². The molecule has 2 aromatic rings. The van der Waals surface area contributed by atoms with E-state index in [1.807, 2.05) is 4.90 Å². The van der Waals surface area contributed by atoms with E-state index in [9.17, 15) is 9.59 Å². The summed E-state index contributed by atoms with van der Waals surface area (Å²) in [7, 11) is 0. The molecular weight excluding hydrogens is 370 g/mol. The number of aromatic nitrogens is 3. The Morgan fingerprint density at radius 2 is 2.00 bits per heavy atom. The summed E-state index contributed by atoms with van der Waals surface area (Å²) < 4.78 is 0. The number of rotatable bonds is 4. The largest absolute Gasteiger partial charge is 0.365 e. The molecule has 0 spiro atoms. The Balaban J connectivity index is 1.77. The molecule has 0 aromatic carbocycles. The van der Waals surface area contributed by atoms with Gasteiger partial charge in [-0.05, 0) is 11.5 Å². The number of H-pyrrole nitrogens is 1. The van der Waals surface area contributed by atoms with E-state index in [-0.39, 0.29) is 16.9 Å². The highest BCUT2D eigenvalue weighted by molar-refractivity contribution is 6.02. The predicted octanol–water partition coefficient (Wildman–Crippen LogP) is 1.43. The van der Waals surface area contributed by atoms with Gasteiger partial charge in [0.1, 0.15) is 23.0 Å². The summed E-state index contributed by atoms with van der Waals surface area (Å²) in [6.07, 6.45) is 5.25. The van der Waals surface area contributed by atoms with Crippen LogP contribution >= 0.6 is 0 Å². The molecule has 152 valence electrons. The molecule has 2 amide bonds. The molecule has 0 aliphatic carbocycles. The molecule has 1 fully saturated rings. The molecule has 3 rings (SSSR count). The highest BCUT2D eigenvalue weighted by Crippen LogP contribution is 2.23. The number of nitrogens with zero attached hydrogens (tertiary/aromatic N) is 5. The van der Waals surface area contributed by atoms with Crippen LogP contribution in [-0.4, -0.2) is 57.8 Å². The minimum Gasteiger partial charge on any atom is -0.365 e. The Morgan fingerprint density at radius 3 is 2.59 bits per heavy atom. The van der Waals surface area contributed by atoms with Gasteiger partial charge in [-0.2, -0.15) is 5.26 Å². The fraction of sp³-hybridized carbons (Fsp3) is 0.450. The molecule has 3 heterocycles. The minimum atomic E-state index is -0.790. The maximum absolute atomic E-state index is 12.4. The van der Waals surface area contributed by atoms with Gasteiger partial charge in [0.25, 0.3) is 5.91 Å². The smallest absolute Gasteiger partial charge is 0.259 e. The van der Waals surface area contributed by atoms with Crippen LogP contribution in [0.2, 0.25) is 0 Å². The number of amides is 2. The first-order valence-electron chi connectivity index (χ1n) is 9.46. The summed E-state index contributed by atoms with van der Waals surface area (Å²) in [4.78, 5) is 39.8. The third-order valence-electron chi connectivity index (χ3n) is 4.72. The Kier molecular flexibility index (Phi) is 5.55. The van der Waals surface area contributed by atoms with E-state index in [1.54, 1.807) is 18.5 Å². The van der Waals surface area contributed by atoms with Crippen LogP contribution in [0.3, 0.4) is 0 Å². The first-order chi connectivity index (χ1) is 13.7. The fourth-order valence-electron chi connectivity index (χ4n) is 3.23. The molecular formula is C20H25N7O2. The van der Waals surface area contributed by atoms with Crippen molar-refractivity contribution in [1.29, 1.82) is 5.26 Å². The molecule has 1 saturated heterocycles. The predicted molar refractivity (Wildman–Crippen MR) is 110 cm³/mol. The summed E-state index contributed by atoms with van der Waals surface area (Å²) in [5.74, 6) is 0.0708. The molecule has 0 atom stereocenters. The van der Waals surface area contributed by atoms with E-state index in [1.165, 1.54) is 6.08 Å². The standard InChI is InChI=1S/C20H25N7O2/c1-20(2,3)9-16(28)27-6-4-26(5-7-27)15-12-24-19-17(25-15)14(11-23-19)8-13(10-21)18(22)29/h8,11-12H,4-7,9H2,1-3H3,(H2,22,29)(H,23,24)/b13-8+. The Labute approximate surface area is 169 Å². The maximum atomic E-state index is 12.4. The van der Waals surface area contributed by atoms with Crippen molar-refractivity contribution < 1.29 is 9.59 Å². The van der Waals surface area contributed by atoms with Crippen LogP contribution in [0, 0.1) is 16.7 Å². The van der Waals surface area contributed by atoms with Crippen LogP contribution in [0.1, 0.15) is 32.8 Å². The Hall–Kier alpha value is -3.41. The van der Waals surface area contributed by atoms with Crippen LogP contribution in [0.4, 0.5) is 5.82 Å². The number of fused-ring (bicyclic) bond motifs is 1. The van der Waals surface area contributed by atoms with Crippen LogP contribution < -0.4 is 10.6 Å². The quantitative estimate of drug-likeness (QED) is 0.594. The van der Waals surface area contributed by atoms with Crippen molar-refractivity contribution in [3.05, 3.63) is 23.5 Å². The van der Waals surface area contributed by atoms with Gasteiger partial charge in [0, 0.05) is 44.4 Å². The monoisotopic (exact) mass is 395 g/mol. The van der Waals surface area contributed by atoms with Crippen molar-refractivity contribution >= 4 is 34.9 Å². The Morgan fingerprint density at radius 1 is 1.31 bits per heavy atom. The normalized spacial score (nSPS) is 15.4. The third kappa shape index (κ3) is 4.71. The van der Waals surface area contributed by atoms with Gasteiger partial charge < -0.3 is 20.5 Å². The summed E-state index contributed by atoms with van der Waals surface area (Å²) in [6.45, 7) is 8.77. The van der Waals surface area contributed by atoms with Crippen molar-refractivity contribution in [2.45, 2.75) is 27.2 Å². The van der Waals surface area contributed by atoms with E-state index in [0.717, 1.165) is 0 Å². The molecule has 0 bridgehead atoms. The number of nitrogens with two attached hydrogens (primary N) is 1. The van der Waals surface area contributed by atoms with E-state index in [0.29, 0.717) is 55.1 Å². The third-order valence-corrected chi connectivity index (χ3v) is 4.72. The first-order valence-corrected chi connectivity index (χ1v) is 9.46. The number of carbonyl (C=O) groups is 2. The summed E-state index contributed by atoms with van der Waals surface area (Å²) in [5.41, 5.74) is 6.72. The number of nitriles is 1. The number of primary amides is 1. The van der Waals surface area contributed by atoms with Crippen LogP contribution in [-0.2, 0) is 9.59 Å². The maximum Gasteiger partial charge on any atom is 0.259 e. The lowest BCUT2D eigenvalue weighted by Crippen LogP contribution is -2.49. The second kappa shape index (κ2) is 7.91. The SMILES string of the molecule is CC(C)(C)CC(=O)N1CCN(c2cnc3[nH]cc(/C=C(\C#N)C(N)=O)c3n2)CC1. The Bertz CT molecular complexity index is 1000. The molecule has 0 saturated carbocycles. The molecule has 1 aliphatic rings. The average Bonchev–Trinajstić information content (AvgIpc) is 3.06. The van der Waals surface area contributed by atoms with Crippen molar-refractivity contribution in [3.8, 4) is 6.07 Å². The van der Waals surface area contributed by atoms with E-state index < -0.39 is 5.91 Å². The zero-order valence-electron chi connectivity index (χ0n) is 16.9. The van der Waals surface area contributed by atoms with Gasteiger partial charge in [0.05, 0.1) is 6.20 Å². The lowest BCUT2D eigenvalue weighted by molar-refractivity contribution is -0.133. The van der Waals surface area contributed by atoms with Crippen molar-refractivity contribution in [2.24, 2.45) is 11.1 Å². The number of carbonyl (C=O) groups excluding carboxylic acids is 2. The van der Waals surface area contributed by atoms with Gasteiger partial charge >= 0.3 is 0 Å². The highest BCUT2D eigenvalue weighted by Gasteiger charge is 2.25. The highest BCUT2D eigenvalue weighted by atomic mass is 16.2. The first kappa shape index (κ1) is 20.3. The summed E-state index contributed by atoms with van der Waals surface area (Å²) in [6, 6.07) is 1.79. The van der Waals surface area contributed by atoms with Gasteiger partial charge in [-0.3, -0.25) is 9.59 Å². The lowest BCUT2D eigenvalue weighted by Gasteiger charge is -2.36. The van der Waals surface area contributed by atoms with E-state index in [2.05, 4.69) is 40.6 Å². The number of anilines is 1. The second-order valence-corrected chi connectivity index (χ2v) is 8.31. The van der Waals surface area contributed by atoms with Crippen LogP contribution in [0.25, 0.3) is 17.2 Å². The average molecular weight is 395 g/mol. The molecule has 1 aliphatic heterocycles. The summed E-state index contributed by atoms with van der Waals surface area (Å²) in [5, 5.41) is 9.06. The van der Waals surface area contributed by atoms with E-state index in [4.69, 9.17) is 11.0 Å². The number of aromatic amines is 1. The molecule has 9 nitrogen and oxygen atoms in total. The zero-order valence-corrected chi connectivity index (χ0v) is 16.9. The van der Waals surface area contributed by atoms with Crippen LogP contribution in [0.5, 0.6) is 0 Å². The van der Waals surface area contributed by atoms with Crippen molar-refractivity contribution in [1.82, 2.24) is 19.9 Å². The molecule has 2 aromatic heterocycles. The molecule has 29 heavy (non-hydrogen) atoms. The lowest BCUT2D eigenvalue weighted by atomic mass is 9.91. The topological polar surface area (TPSA) is 132 Å². The molecule has 0 unspecified atom stereocenters. The zero-order chi connectivity index (χ0) is 21.2. The second-order valence-electron chi connectivity index (χ2n) is 8.31. The number of hydrogen-bond acceptors (Lipinski definition) is 6. The molecule has 9 heteroatoms. The number of nitrogens with one attached hydrogen (secondary N) is 1. The van der Waals surface area contributed by atoms with Crippen LogP contribution in [0.15, 0.2) is 18.0 Å². The number of piperazine rings is 1. The van der Waals surface area contributed by atoms with Crippen molar-refractivity contribution in [3.63, 3.8) is 0 Å². The number of hydrogen-bond donors (Lipinski definition) is 2. The van der Waals surface area contributed by atoms with Gasteiger partial charge in [-0.1, -0.05) is 20.8 Å². The van der Waals surface area contributed by atoms with Gasteiger partial charge in [0.15, 0.2) is 5.65 Å². The fourth-order valence-corrected chi connectivity index (χ4v) is 3.23. The van der Waals surface area contributed by atoms with Gasteiger partial charge in [-0.15, -0.1) is 0 Å². The van der Waals surface area contributed by atoms with Gasteiger partial charge in [-0.25, -0.2) is 9.97 Å². The minimum absolute atomic E-state index is 0.0316. The molecule has 0 radical (unpaired) electrons. The molecule has 3 N–H and O–H groups in total. The summed E-state index contributed by atoms with van der Waals surface area (Å²) >= 11 is 0. The van der Waals surface area contributed by atoms with Crippen molar-refractivity contribution in [2.75, 3.05) is 31.1 Å². The van der Waals surface area contributed by atoms with Gasteiger partial charge in [0.2, 0.25) is 5.91 Å².